The molecule has 132 valence electrons. The molecule has 0 aliphatic heterocycles. The molecule has 0 spiro atoms. The predicted molar refractivity (Wildman–Crippen MR) is 89.3 cm³/mol. The van der Waals surface area contributed by atoms with Gasteiger partial charge in [-0.05, 0) is 37.5 Å². The van der Waals surface area contributed by atoms with Crippen molar-refractivity contribution in [2.24, 2.45) is 17.0 Å². The van der Waals surface area contributed by atoms with Crippen LogP contribution < -0.4 is 5.14 Å². The maximum Gasteiger partial charge on any atom is 0.333 e. The molecule has 2 atom stereocenters. The first-order chi connectivity index (χ1) is 11.3. The molecule has 3 rings (SSSR count). The molecular weight excluding hydrogens is 330 g/mol. The quantitative estimate of drug-likeness (QED) is 0.843. The first kappa shape index (κ1) is 17.2. The smallest absolute Gasteiger partial charge is 0.312 e. The van der Waals surface area contributed by atoms with E-state index in [9.17, 15) is 8.42 Å². The summed E-state index contributed by atoms with van der Waals surface area (Å²) in [4.78, 5) is 13.3. The Morgan fingerprint density at radius 3 is 2.83 bits per heavy atom. The number of nitrogens with zero attached hydrogens (tertiary/aromatic N) is 4. The molecule has 1 aliphatic rings. The van der Waals surface area contributed by atoms with E-state index >= 15 is 0 Å². The lowest BCUT2D eigenvalue weighted by molar-refractivity contribution is 0.253. The lowest BCUT2D eigenvalue weighted by Crippen LogP contribution is -2.19. The van der Waals surface area contributed by atoms with Gasteiger partial charge in [0.05, 0.1) is 18.6 Å². The Balaban J connectivity index is 1.76. The summed E-state index contributed by atoms with van der Waals surface area (Å²) in [5.41, 5.74) is 2.68. The number of fused-ring (bicyclic) bond motifs is 1. The Bertz CT molecular complexity index is 818. The van der Waals surface area contributed by atoms with Gasteiger partial charge in [0.25, 0.3) is 0 Å². The van der Waals surface area contributed by atoms with Crippen molar-refractivity contribution in [1.82, 2.24) is 19.5 Å². The van der Waals surface area contributed by atoms with Gasteiger partial charge in [0, 0.05) is 6.04 Å². The second-order valence-electron chi connectivity index (χ2n) is 6.85. The minimum absolute atomic E-state index is 0.134. The summed E-state index contributed by atoms with van der Waals surface area (Å²) in [7, 11) is -3.87. The SMILES string of the molecule is CC(C)Cc1ncnc2c1ncn2[C@H]1CC[C@@H](COS(N)(=O)=O)C1. The van der Waals surface area contributed by atoms with E-state index < -0.39 is 10.3 Å². The highest BCUT2D eigenvalue weighted by Gasteiger charge is 2.28. The Labute approximate surface area is 141 Å². The van der Waals surface area contributed by atoms with Crippen LogP contribution in [0.3, 0.4) is 0 Å². The fourth-order valence-electron chi connectivity index (χ4n) is 3.35. The summed E-state index contributed by atoms with van der Waals surface area (Å²) in [5.74, 6) is 0.669. The van der Waals surface area contributed by atoms with Crippen molar-refractivity contribution in [3.8, 4) is 0 Å². The third-order valence-corrected chi connectivity index (χ3v) is 4.88. The highest BCUT2D eigenvalue weighted by molar-refractivity contribution is 7.84. The number of imidazole rings is 1. The molecule has 1 aliphatic carbocycles. The Morgan fingerprint density at radius 1 is 1.33 bits per heavy atom. The molecule has 0 saturated heterocycles. The highest BCUT2D eigenvalue weighted by Crippen LogP contribution is 2.36. The van der Waals surface area contributed by atoms with Crippen molar-refractivity contribution in [1.29, 1.82) is 0 Å². The fourth-order valence-corrected chi connectivity index (χ4v) is 3.73. The largest absolute Gasteiger partial charge is 0.333 e. The third-order valence-electron chi connectivity index (χ3n) is 4.41. The van der Waals surface area contributed by atoms with Crippen LogP contribution in [0.2, 0.25) is 0 Å². The van der Waals surface area contributed by atoms with Crippen molar-refractivity contribution in [2.75, 3.05) is 6.61 Å². The van der Waals surface area contributed by atoms with Gasteiger partial charge in [-0.3, -0.25) is 4.18 Å². The van der Waals surface area contributed by atoms with Crippen LogP contribution in [0.1, 0.15) is 44.8 Å². The van der Waals surface area contributed by atoms with Crippen LogP contribution >= 0.6 is 0 Å². The number of aromatic nitrogens is 4. The summed E-state index contributed by atoms with van der Waals surface area (Å²) < 4.78 is 28.7. The first-order valence-corrected chi connectivity index (χ1v) is 9.64. The van der Waals surface area contributed by atoms with Crippen molar-refractivity contribution < 1.29 is 12.6 Å². The Hall–Kier alpha value is -1.58. The number of rotatable bonds is 6. The second kappa shape index (κ2) is 6.73. The molecule has 2 N–H and O–H groups in total. The van der Waals surface area contributed by atoms with E-state index in [2.05, 4.69) is 33.4 Å². The van der Waals surface area contributed by atoms with Crippen LogP contribution in [0.15, 0.2) is 12.7 Å². The summed E-state index contributed by atoms with van der Waals surface area (Å²) in [6.07, 6.45) is 6.93. The third kappa shape index (κ3) is 3.90. The van der Waals surface area contributed by atoms with Crippen molar-refractivity contribution in [3.05, 3.63) is 18.3 Å². The fraction of sp³-hybridized carbons (Fsp3) is 0.667. The molecule has 24 heavy (non-hydrogen) atoms. The second-order valence-corrected chi connectivity index (χ2v) is 8.07. The van der Waals surface area contributed by atoms with E-state index in [1.165, 1.54) is 0 Å². The first-order valence-electron chi connectivity index (χ1n) is 8.17. The van der Waals surface area contributed by atoms with Crippen LogP contribution in [0.5, 0.6) is 0 Å². The van der Waals surface area contributed by atoms with E-state index in [0.29, 0.717) is 5.92 Å². The van der Waals surface area contributed by atoms with Crippen LogP contribution in [0.4, 0.5) is 0 Å². The van der Waals surface area contributed by atoms with E-state index in [4.69, 9.17) is 9.32 Å². The molecule has 1 fully saturated rings. The van der Waals surface area contributed by atoms with Crippen molar-refractivity contribution >= 4 is 21.5 Å². The topological polar surface area (TPSA) is 113 Å². The lowest BCUT2D eigenvalue weighted by Gasteiger charge is -2.13. The Kier molecular flexibility index (Phi) is 4.84. The lowest BCUT2D eigenvalue weighted by atomic mass is 10.1. The number of nitrogens with two attached hydrogens (primary N) is 1. The zero-order chi connectivity index (χ0) is 17.3. The number of hydrogen-bond acceptors (Lipinski definition) is 6. The van der Waals surface area contributed by atoms with Crippen LogP contribution in [-0.2, 0) is 20.9 Å². The summed E-state index contributed by atoms with van der Waals surface area (Å²) in [6.45, 7) is 4.44. The molecule has 1 saturated carbocycles. The monoisotopic (exact) mass is 353 g/mol. The standard InChI is InChI=1S/C15H23N5O3S/c1-10(2)5-13-14-15(18-8-17-13)20(9-19-14)12-4-3-11(6-12)7-23-24(16,21)22/h8-12H,3-7H2,1-2H3,(H2,16,21,22)/t11-,12+/m1/s1. The van der Waals surface area contributed by atoms with Crippen molar-refractivity contribution in [2.45, 2.75) is 45.6 Å². The Morgan fingerprint density at radius 2 is 2.12 bits per heavy atom. The zero-order valence-corrected chi connectivity index (χ0v) is 14.7. The summed E-state index contributed by atoms with van der Waals surface area (Å²) in [6, 6.07) is 0.242. The molecule has 2 aromatic heterocycles. The van der Waals surface area contributed by atoms with Crippen LogP contribution in [0.25, 0.3) is 11.2 Å². The predicted octanol–water partition coefficient (Wildman–Crippen LogP) is 1.59. The molecule has 9 heteroatoms. The van der Waals surface area contributed by atoms with Gasteiger partial charge in [0.15, 0.2) is 5.65 Å². The van der Waals surface area contributed by atoms with Gasteiger partial charge < -0.3 is 4.57 Å². The van der Waals surface area contributed by atoms with Gasteiger partial charge in [-0.2, -0.15) is 8.42 Å². The van der Waals surface area contributed by atoms with Crippen LogP contribution in [0, 0.1) is 11.8 Å². The molecule has 0 unspecified atom stereocenters. The zero-order valence-electron chi connectivity index (χ0n) is 13.9. The van der Waals surface area contributed by atoms with E-state index in [1.54, 1.807) is 6.33 Å². The van der Waals surface area contributed by atoms with Gasteiger partial charge in [-0.1, -0.05) is 13.8 Å². The summed E-state index contributed by atoms with van der Waals surface area (Å²) in [5, 5.41) is 4.89. The molecular formula is C15H23N5O3S. The highest BCUT2D eigenvalue weighted by atomic mass is 32.2. The maximum atomic E-state index is 10.9. The molecule has 0 aromatic carbocycles. The van der Waals surface area contributed by atoms with Gasteiger partial charge in [0.1, 0.15) is 11.8 Å². The van der Waals surface area contributed by atoms with Gasteiger partial charge in [-0.15, -0.1) is 0 Å². The minimum Gasteiger partial charge on any atom is -0.312 e. The maximum absolute atomic E-state index is 10.9. The van der Waals surface area contributed by atoms with E-state index in [1.807, 2.05) is 6.33 Å². The van der Waals surface area contributed by atoms with Gasteiger partial charge >= 0.3 is 10.3 Å². The van der Waals surface area contributed by atoms with E-state index in [-0.39, 0.29) is 18.6 Å². The van der Waals surface area contributed by atoms with Gasteiger partial charge in [0.2, 0.25) is 0 Å². The number of hydrogen-bond donors (Lipinski definition) is 1. The molecule has 0 amide bonds. The van der Waals surface area contributed by atoms with Crippen molar-refractivity contribution in [3.63, 3.8) is 0 Å². The van der Waals surface area contributed by atoms with Gasteiger partial charge in [-0.25, -0.2) is 20.1 Å². The molecule has 0 bridgehead atoms. The molecule has 2 aromatic rings. The minimum atomic E-state index is -3.87. The molecule has 2 heterocycles. The summed E-state index contributed by atoms with van der Waals surface area (Å²) >= 11 is 0. The van der Waals surface area contributed by atoms with Crippen LogP contribution in [-0.4, -0.2) is 34.5 Å². The molecule has 8 nitrogen and oxygen atoms in total. The molecule has 0 radical (unpaired) electrons. The normalized spacial score (nSPS) is 21.8. The average molecular weight is 353 g/mol. The van der Waals surface area contributed by atoms with E-state index in [0.717, 1.165) is 42.5 Å². The average Bonchev–Trinajstić information content (AvgIpc) is 3.10.